The van der Waals surface area contributed by atoms with Crippen molar-refractivity contribution in [3.8, 4) is 5.75 Å². The summed E-state index contributed by atoms with van der Waals surface area (Å²) in [6.07, 6.45) is 4.44. The van der Waals surface area contributed by atoms with Crippen LogP contribution in [0.15, 0.2) is 12.3 Å². The summed E-state index contributed by atoms with van der Waals surface area (Å²) in [5.74, 6) is -0.507. The molecule has 0 spiro atoms. The maximum atomic E-state index is 11.1. The van der Waals surface area contributed by atoms with E-state index < -0.39 is 5.97 Å². The van der Waals surface area contributed by atoms with Crippen molar-refractivity contribution >= 4 is 5.97 Å². The van der Waals surface area contributed by atoms with Gasteiger partial charge in [0.1, 0.15) is 11.3 Å². The molecule has 0 saturated heterocycles. The lowest BCUT2D eigenvalue weighted by Gasteiger charge is -2.10. The number of hydrogen-bond acceptors (Lipinski definition) is 3. The number of hydrogen-bond donors (Lipinski definition) is 1. The topological polar surface area (TPSA) is 59.4 Å². The van der Waals surface area contributed by atoms with E-state index in [2.05, 4.69) is 4.98 Å². The molecule has 4 heteroatoms. The Morgan fingerprint density at radius 3 is 2.93 bits per heavy atom. The number of aromatic nitrogens is 1. The molecule has 1 aliphatic rings. The van der Waals surface area contributed by atoms with Gasteiger partial charge < -0.3 is 9.84 Å². The molecule has 2 rings (SSSR count). The first-order chi connectivity index (χ1) is 7.22. The van der Waals surface area contributed by atoms with Crippen molar-refractivity contribution in [2.24, 2.45) is 0 Å². The summed E-state index contributed by atoms with van der Waals surface area (Å²) in [4.78, 5) is 15.1. The summed E-state index contributed by atoms with van der Waals surface area (Å²) in [5, 5.41) is 9.09. The summed E-state index contributed by atoms with van der Waals surface area (Å²) in [5.41, 5.74) is 0.799. The van der Waals surface area contributed by atoms with Crippen molar-refractivity contribution in [3.05, 3.63) is 23.5 Å². The third kappa shape index (κ3) is 2.09. The highest BCUT2D eigenvalue weighted by Gasteiger charge is 2.26. The Morgan fingerprint density at radius 1 is 1.67 bits per heavy atom. The number of pyridine rings is 1. The van der Waals surface area contributed by atoms with Gasteiger partial charge in [-0.15, -0.1) is 0 Å². The molecule has 1 heterocycles. The molecule has 0 bridgehead atoms. The molecule has 0 aliphatic heterocycles. The minimum Gasteiger partial charge on any atom is -0.489 e. The molecule has 1 saturated carbocycles. The first kappa shape index (κ1) is 9.96. The molecule has 4 nitrogen and oxygen atoms in total. The molecule has 0 radical (unpaired) electrons. The maximum Gasteiger partial charge on any atom is 0.341 e. The molecule has 1 N–H and O–H groups in total. The Hall–Kier alpha value is -1.58. The van der Waals surface area contributed by atoms with Gasteiger partial charge in [0.25, 0.3) is 0 Å². The lowest BCUT2D eigenvalue weighted by molar-refractivity contribution is 0.0690. The van der Waals surface area contributed by atoms with Gasteiger partial charge in [-0.1, -0.05) is 6.92 Å². The zero-order valence-corrected chi connectivity index (χ0v) is 8.56. The molecule has 0 amide bonds. The molecule has 0 aromatic carbocycles. The maximum absolute atomic E-state index is 11.1. The predicted octanol–water partition coefficient (Wildman–Crippen LogP) is 1.88. The quantitative estimate of drug-likeness (QED) is 0.818. The van der Waals surface area contributed by atoms with Gasteiger partial charge in [0.2, 0.25) is 0 Å². The van der Waals surface area contributed by atoms with Crippen LogP contribution in [-0.4, -0.2) is 22.2 Å². The van der Waals surface area contributed by atoms with Gasteiger partial charge in [-0.25, -0.2) is 4.79 Å². The molecule has 1 aromatic rings. The van der Waals surface area contributed by atoms with E-state index in [9.17, 15) is 4.79 Å². The highest BCUT2D eigenvalue weighted by molar-refractivity contribution is 5.92. The molecule has 15 heavy (non-hydrogen) atoms. The van der Waals surface area contributed by atoms with Crippen molar-refractivity contribution in [2.45, 2.75) is 32.3 Å². The number of carboxylic acid groups (broad SMARTS) is 1. The van der Waals surface area contributed by atoms with Crippen LogP contribution >= 0.6 is 0 Å². The van der Waals surface area contributed by atoms with Crippen LogP contribution in [-0.2, 0) is 6.42 Å². The number of aryl methyl sites for hydroxylation is 1. The van der Waals surface area contributed by atoms with Gasteiger partial charge in [-0.05, 0) is 25.3 Å². The van der Waals surface area contributed by atoms with Crippen LogP contribution in [0.4, 0.5) is 0 Å². The lowest BCUT2D eigenvalue weighted by atomic mass is 10.1. The summed E-state index contributed by atoms with van der Waals surface area (Å²) >= 11 is 0. The fourth-order valence-electron chi connectivity index (χ4n) is 1.45. The zero-order chi connectivity index (χ0) is 10.8. The average Bonchev–Trinajstić information content (AvgIpc) is 3.01. The molecule has 80 valence electrons. The standard InChI is InChI=1S/C11H13NO3/c1-2-8-10(11(13)14)9(5-6-12-8)15-7-3-4-7/h5-7H,2-4H2,1H3,(H,13,14). The van der Waals surface area contributed by atoms with E-state index in [1.165, 1.54) is 0 Å². The first-order valence-corrected chi connectivity index (χ1v) is 5.10. The normalized spacial score (nSPS) is 15.0. The van der Waals surface area contributed by atoms with Crippen molar-refractivity contribution in [3.63, 3.8) is 0 Å². The first-order valence-electron chi connectivity index (χ1n) is 5.10. The van der Waals surface area contributed by atoms with Gasteiger partial charge in [0.05, 0.1) is 11.8 Å². The predicted molar refractivity (Wildman–Crippen MR) is 54.2 cm³/mol. The molecule has 1 aromatic heterocycles. The number of ether oxygens (including phenoxy) is 1. The van der Waals surface area contributed by atoms with E-state index in [1.54, 1.807) is 12.3 Å². The average molecular weight is 207 g/mol. The van der Waals surface area contributed by atoms with Crippen molar-refractivity contribution in [2.75, 3.05) is 0 Å². The van der Waals surface area contributed by atoms with E-state index in [1.807, 2.05) is 6.92 Å². The summed E-state index contributed by atoms with van der Waals surface area (Å²) < 4.78 is 5.54. The fourth-order valence-corrected chi connectivity index (χ4v) is 1.45. The number of carbonyl (C=O) groups is 1. The third-order valence-corrected chi connectivity index (χ3v) is 2.36. The van der Waals surface area contributed by atoms with Gasteiger partial charge in [-0.2, -0.15) is 0 Å². The van der Waals surface area contributed by atoms with E-state index in [0.29, 0.717) is 17.9 Å². The van der Waals surface area contributed by atoms with E-state index in [0.717, 1.165) is 12.8 Å². The van der Waals surface area contributed by atoms with Gasteiger partial charge in [0, 0.05) is 6.20 Å². The number of carboxylic acids is 1. The van der Waals surface area contributed by atoms with E-state index in [-0.39, 0.29) is 11.7 Å². The van der Waals surface area contributed by atoms with Crippen LogP contribution in [0.2, 0.25) is 0 Å². The van der Waals surface area contributed by atoms with Crippen molar-refractivity contribution in [1.29, 1.82) is 0 Å². The largest absolute Gasteiger partial charge is 0.489 e. The minimum atomic E-state index is -0.962. The Balaban J connectivity index is 2.37. The monoisotopic (exact) mass is 207 g/mol. The molecule has 1 fully saturated rings. The smallest absolute Gasteiger partial charge is 0.341 e. The summed E-state index contributed by atoms with van der Waals surface area (Å²) in [6, 6.07) is 1.63. The van der Waals surface area contributed by atoms with Crippen molar-refractivity contribution in [1.82, 2.24) is 4.98 Å². The molecule has 0 atom stereocenters. The van der Waals surface area contributed by atoms with Gasteiger partial charge in [-0.3, -0.25) is 4.98 Å². The van der Waals surface area contributed by atoms with E-state index in [4.69, 9.17) is 9.84 Å². The number of rotatable bonds is 4. The lowest BCUT2D eigenvalue weighted by Crippen LogP contribution is -2.09. The molecular formula is C11H13NO3. The fraction of sp³-hybridized carbons (Fsp3) is 0.455. The minimum absolute atomic E-state index is 0.204. The van der Waals surface area contributed by atoms with Gasteiger partial charge in [0.15, 0.2) is 0 Å². The van der Waals surface area contributed by atoms with Crippen LogP contribution < -0.4 is 4.74 Å². The third-order valence-electron chi connectivity index (χ3n) is 2.36. The summed E-state index contributed by atoms with van der Waals surface area (Å²) in [7, 11) is 0. The number of nitrogens with zero attached hydrogens (tertiary/aromatic N) is 1. The Labute approximate surface area is 87.9 Å². The van der Waals surface area contributed by atoms with Gasteiger partial charge >= 0.3 is 5.97 Å². The Bertz CT molecular complexity index is 385. The molecule has 0 unspecified atom stereocenters. The second-order valence-electron chi connectivity index (χ2n) is 3.61. The number of aromatic carboxylic acids is 1. The Kier molecular flexibility index (Phi) is 2.58. The highest BCUT2D eigenvalue weighted by Crippen LogP contribution is 2.30. The van der Waals surface area contributed by atoms with Crippen LogP contribution in [0.3, 0.4) is 0 Å². The second kappa shape index (κ2) is 3.88. The zero-order valence-electron chi connectivity index (χ0n) is 8.56. The second-order valence-corrected chi connectivity index (χ2v) is 3.61. The van der Waals surface area contributed by atoms with Crippen LogP contribution in [0.1, 0.15) is 35.8 Å². The van der Waals surface area contributed by atoms with E-state index >= 15 is 0 Å². The Morgan fingerprint density at radius 2 is 2.40 bits per heavy atom. The van der Waals surface area contributed by atoms with Crippen molar-refractivity contribution < 1.29 is 14.6 Å². The highest BCUT2D eigenvalue weighted by atomic mass is 16.5. The SMILES string of the molecule is CCc1nccc(OC2CC2)c1C(=O)O. The molecular weight excluding hydrogens is 194 g/mol. The summed E-state index contributed by atoms with van der Waals surface area (Å²) in [6.45, 7) is 1.88. The van der Waals surface area contributed by atoms with Crippen LogP contribution in [0.5, 0.6) is 5.75 Å². The van der Waals surface area contributed by atoms with Crippen LogP contribution in [0.25, 0.3) is 0 Å². The van der Waals surface area contributed by atoms with Crippen LogP contribution in [0, 0.1) is 0 Å². The molecule has 1 aliphatic carbocycles.